The molecular weight excluding hydrogens is 509 g/mol. The fourth-order valence-corrected chi connectivity index (χ4v) is 5.77. The molecule has 200 valence electrons. The molecule has 3 aromatic rings. The van der Waals surface area contributed by atoms with Gasteiger partial charge in [-0.25, -0.2) is 23.4 Å². The van der Waals surface area contributed by atoms with Crippen molar-refractivity contribution >= 4 is 27.3 Å². The average Bonchev–Trinajstić information content (AvgIpc) is 3.67. The van der Waals surface area contributed by atoms with Crippen LogP contribution in [0.25, 0.3) is 11.4 Å². The lowest BCUT2D eigenvalue weighted by molar-refractivity contribution is 0.115. The highest BCUT2D eigenvalue weighted by molar-refractivity contribution is 7.90. The molecule has 4 heterocycles. The molecule has 0 spiro atoms. The summed E-state index contributed by atoms with van der Waals surface area (Å²) >= 11 is 0. The van der Waals surface area contributed by atoms with E-state index in [-0.39, 0.29) is 23.7 Å². The number of aliphatic hydroxyl groups is 1. The van der Waals surface area contributed by atoms with Crippen LogP contribution in [-0.4, -0.2) is 69.3 Å². The van der Waals surface area contributed by atoms with Crippen LogP contribution in [-0.2, 0) is 10.0 Å². The molecule has 10 nitrogen and oxygen atoms in total. The van der Waals surface area contributed by atoms with E-state index < -0.39 is 16.7 Å². The Bertz CT molecular complexity index is 1470. The summed E-state index contributed by atoms with van der Waals surface area (Å²) in [6.45, 7) is 3.24. The predicted molar refractivity (Wildman–Crippen MR) is 142 cm³/mol. The number of alkyl halides is 1. The molecule has 0 amide bonds. The van der Waals surface area contributed by atoms with Crippen LogP contribution in [0.4, 0.5) is 21.7 Å². The van der Waals surface area contributed by atoms with Gasteiger partial charge in [-0.05, 0) is 37.2 Å². The Hall–Kier alpha value is -3.56. The van der Waals surface area contributed by atoms with Crippen LogP contribution >= 0.6 is 0 Å². The normalized spacial score (nSPS) is 17.1. The summed E-state index contributed by atoms with van der Waals surface area (Å²) in [6, 6.07) is 3.59. The summed E-state index contributed by atoms with van der Waals surface area (Å²) in [6.07, 6.45) is 9.26. The van der Waals surface area contributed by atoms with Gasteiger partial charge >= 0.3 is 0 Å². The highest BCUT2D eigenvalue weighted by atomic mass is 32.2. The van der Waals surface area contributed by atoms with Crippen molar-refractivity contribution < 1.29 is 17.9 Å². The second-order valence-corrected chi connectivity index (χ2v) is 12.1. The smallest absolute Gasteiger partial charge is 0.256 e. The first-order valence-electron chi connectivity index (χ1n) is 12.6. The maximum atomic E-state index is 12.6. The molecule has 3 aromatic heterocycles. The summed E-state index contributed by atoms with van der Waals surface area (Å²) in [5.74, 6) is 7.25. The van der Waals surface area contributed by atoms with Gasteiger partial charge in [0.15, 0.2) is 5.82 Å². The Morgan fingerprint density at radius 2 is 2.00 bits per heavy atom. The Balaban J connectivity index is 1.38. The highest BCUT2D eigenvalue weighted by Gasteiger charge is 2.37. The molecule has 0 bridgehead atoms. The molecule has 1 saturated carbocycles. The lowest BCUT2D eigenvalue weighted by Crippen LogP contribution is -2.40. The fourth-order valence-electron chi connectivity index (χ4n) is 4.30. The standard InChI is InChI=1S/C26H30FN7O3S/c1-26(18-35)8-12-33(13-9-26)22-14-24(29-15-19(22)4-2-3-10-27)31-23-7-11-28-25(32-23)20-16-30-34(17-20)38(36,37)21-5-6-21/h7,11,14-17,21,35H,3,5-6,8-10,12-13,18H2,1H3,(H,28,29,31,32). The molecule has 0 unspecified atom stereocenters. The number of hydrogen-bond acceptors (Lipinski definition) is 9. The number of pyridine rings is 1. The first-order valence-corrected chi connectivity index (χ1v) is 14.1. The minimum Gasteiger partial charge on any atom is -0.396 e. The van der Waals surface area contributed by atoms with Crippen LogP contribution in [0.1, 0.15) is 44.6 Å². The Labute approximate surface area is 221 Å². The van der Waals surface area contributed by atoms with Gasteiger partial charge in [0.1, 0.15) is 18.3 Å². The molecule has 0 atom stereocenters. The zero-order chi connectivity index (χ0) is 26.8. The van der Waals surface area contributed by atoms with Gasteiger partial charge in [0, 0.05) is 44.6 Å². The van der Waals surface area contributed by atoms with Crippen molar-refractivity contribution in [3.63, 3.8) is 0 Å². The van der Waals surface area contributed by atoms with E-state index in [0.717, 1.165) is 35.7 Å². The van der Waals surface area contributed by atoms with E-state index in [4.69, 9.17) is 0 Å². The third-order valence-corrected chi connectivity index (χ3v) is 8.99. The number of anilines is 3. The average molecular weight is 540 g/mol. The number of rotatable bonds is 8. The van der Waals surface area contributed by atoms with Gasteiger partial charge in [-0.1, -0.05) is 18.8 Å². The molecule has 2 fully saturated rings. The third kappa shape index (κ3) is 5.63. The number of nitrogens with one attached hydrogen (secondary N) is 1. The lowest BCUT2D eigenvalue weighted by Gasteiger charge is -2.39. The molecule has 0 radical (unpaired) electrons. The summed E-state index contributed by atoms with van der Waals surface area (Å²) in [5.41, 5.74) is 1.98. The largest absolute Gasteiger partial charge is 0.396 e. The van der Waals surface area contributed by atoms with Crippen molar-refractivity contribution in [1.82, 2.24) is 24.1 Å². The SMILES string of the molecule is CC1(CO)CCN(c2cc(Nc3ccnc(-c4cnn(S(=O)(=O)C5CC5)c4)n3)ncc2C#CCCF)CC1. The maximum Gasteiger partial charge on any atom is 0.256 e. The van der Waals surface area contributed by atoms with Crippen LogP contribution in [0, 0.1) is 17.3 Å². The summed E-state index contributed by atoms with van der Waals surface area (Å²) in [5, 5.41) is 16.6. The Morgan fingerprint density at radius 3 is 2.71 bits per heavy atom. The zero-order valence-electron chi connectivity index (χ0n) is 21.1. The number of piperidine rings is 1. The predicted octanol–water partition coefficient (Wildman–Crippen LogP) is 3.13. The number of hydrogen-bond donors (Lipinski definition) is 2. The third-order valence-electron chi connectivity index (χ3n) is 6.95. The number of halogens is 1. The van der Waals surface area contributed by atoms with Crippen molar-refractivity contribution in [2.45, 2.75) is 44.3 Å². The number of nitrogens with zero attached hydrogens (tertiary/aromatic N) is 6. The molecule has 1 aliphatic carbocycles. The molecule has 1 aliphatic heterocycles. The molecule has 2 N–H and O–H groups in total. The lowest BCUT2D eigenvalue weighted by atomic mass is 9.81. The van der Waals surface area contributed by atoms with Crippen molar-refractivity contribution in [3.8, 4) is 23.2 Å². The first-order chi connectivity index (χ1) is 18.3. The van der Waals surface area contributed by atoms with Crippen LogP contribution in [0.15, 0.2) is 36.9 Å². The summed E-state index contributed by atoms with van der Waals surface area (Å²) < 4.78 is 38.6. The highest BCUT2D eigenvalue weighted by Crippen LogP contribution is 2.34. The van der Waals surface area contributed by atoms with Crippen LogP contribution < -0.4 is 10.2 Å². The van der Waals surface area contributed by atoms with E-state index in [2.05, 4.69) is 49.0 Å². The second-order valence-electron chi connectivity index (χ2n) is 10.0. The van der Waals surface area contributed by atoms with E-state index in [1.165, 1.54) is 12.4 Å². The van der Waals surface area contributed by atoms with Gasteiger partial charge in [-0.15, -0.1) is 0 Å². The number of aromatic nitrogens is 5. The van der Waals surface area contributed by atoms with Crippen molar-refractivity contribution in [3.05, 3.63) is 42.5 Å². The van der Waals surface area contributed by atoms with Crippen molar-refractivity contribution in [1.29, 1.82) is 0 Å². The topological polar surface area (TPSA) is 126 Å². The molecule has 5 rings (SSSR count). The van der Waals surface area contributed by atoms with E-state index in [1.54, 1.807) is 18.5 Å². The Morgan fingerprint density at radius 1 is 1.21 bits per heavy atom. The van der Waals surface area contributed by atoms with Gasteiger partial charge in [0.05, 0.1) is 34.5 Å². The van der Waals surface area contributed by atoms with Gasteiger partial charge in [-0.3, -0.25) is 4.39 Å². The monoisotopic (exact) mass is 539 g/mol. The van der Waals surface area contributed by atoms with Gasteiger partial charge in [-0.2, -0.15) is 9.19 Å². The molecule has 1 saturated heterocycles. The van der Waals surface area contributed by atoms with Crippen molar-refractivity contribution in [2.75, 3.05) is 36.6 Å². The van der Waals surface area contributed by atoms with Crippen LogP contribution in [0.5, 0.6) is 0 Å². The number of aliphatic hydroxyl groups excluding tert-OH is 1. The summed E-state index contributed by atoms with van der Waals surface area (Å²) in [7, 11) is -3.47. The summed E-state index contributed by atoms with van der Waals surface area (Å²) in [4.78, 5) is 15.5. The van der Waals surface area contributed by atoms with Gasteiger partial charge < -0.3 is 15.3 Å². The molecule has 0 aromatic carbocycles. The van der Waals surface area contributed by atoms with Crippen LogP contribution in [0.2, 0.25) is 0 Å². The quantitative estimate of drug-likeness (QED) is 0.415. The molecular formula is C26H30FN7O3S. The fraction of sp³-hybridized carbons (Fsp3) is 0.462. The van der Waals surface area contributed by atoms with E-state index in [1.807, 2.05) is 6.07 Å². The van der Waals surface area contributed by atoms with Gasteiger partial charge in [0.2, 0.25) is 0 Å². The minimum absolute atomic E-state index is 0.103. The van der Waals surface area contributed by atoms with E-state index in [9.17, 15) is 17.9 Å². The first kappa shape index (κ1) is 26.1. The molecule has 12 heteroatoms. The van der Waals surface area contributed by atoms with E-state index >= 15 is 0 Å². The Kier molecular flexibility index (Phi) is 7.32. The van der Waals surface area contributed by atoms with Crippen LogP contribution in [0.3, 0.4) is 0 Å². The minimum atomic E-state index is -3.47. The second kappa shape index (κ2) is 10.7. The molecule has 38 heavy (non-hydrogen) atoms. The molecule has 2 aliphatic rings. The van der Waals surface area contributed by atoms with Crippen molar-refractivity contribution in [2.24, 2.45) is 5.41 Å². The van der Waals surface area contributed by atoms with E-state index in [0.29, 0.717) is 41.4 Å². The maximum absolute atomic E-state index is 12.6. The van der Waals surface area contributed by atoms with Gasteiger partial charge in [0.25, 0.3) is 10.0 Å². The zero-order valence-corrected chi connectivity index (χ0v) is 22.0.